The molecule has 0 spiro atoms. The molecule has 1 amide bonds. The molecule has 98 valence electrons. The van der Waals surface area contributed by atoms with Crippen molar-refractivity contribution in [1.29, 1.82) is 0 Å². The quantitative estimate of drug-likeness (QED) is 0.905. The first kappa shape index (κ1) is 13.2. The number of hydrogen-bond acceptors (Lipinski definition) is 3. The highest BCUT2D eigenvalue weighted by molar-refractivity contribution is 6.32. The third-order valence-corrected chi connectivity index (χ3v) is 2.87. The molecule has 19 heavy (non-hydrogen) atoms. The van der Waals surface area contributed by atoms with Crippen LogP contribution >= 0.6 is 11.6 Å². The van der Waals surface area contributed by atoms with Crippen LogP contribution in [0.2, 0.25) is 5.02 Å². The first-order chi connectivity index (χ1) is 9.11. The van der Waals surface area contributed by atoms with Gasteiger partial charge in [0.1, 0.15) is 11.5 Å². The minimum atomic E-state index is -0.327. The molecule has 2 aromatic carbocycles. The van der Waals surface area contributed by atoms with Crippen molar-refractivity contribution in [1.82, 2.24) is 0 Å². The fourth-order valence-corrected chi connectivity index (χ4v) is 1.77. The highest BCUT2D eigenvalue weighted by Gasteiger charge is 2.10. The summed E-state index contributed by atoms with van der Waals surface area (Å²) < 4.78 is 5.14. The van der Waals surface area contributed by atoms with E-state index < -0.39 is 0 Å². The second-order valence-electron chi connectivity index (χ2n) is 3.82. The number of aromatic hydroxyl groups is 1. The molecule has 0 aromatic heterocycles. The zero-order chi connectivity index (χ0) is 13.8. The van der Waals surface area contributed by atoms with Crippen LogP contribution in [0.4, 0.5) is 5.69 Å². The lowest BCUT2D eigenvalue weighted by atomic mass is 10.2. The number of anilines is 1. The number of para-hydroxylation sites is 2. The van der Waals surface area contributed by atoms with Gasteiger partial charge in [0.15, 0.2) is 0 Å². The Morgan fingerprint density at radius 2 is 2.00 bits per heavy atom. The zero-order valence-electron chi connectivity index (χ0n) is 10.2. The smallest absolute Gasteiger partial charge is 0.255 e. The molecule has 2 N–H and O–H groups in total. The van der Waals surface area contributed by atoms with Gasteiger partial charge in [-0.15, -0.1) is 0 Å². The summed E-state index contributed by atoms with van der Waals surface area (Å²) in [6.45, 7) is 0. The molecule has 0 aliphatic carbocycles. The fourth-order valence-electron chi connectivity index (χ4n) is 1.59. The number of ether oxygens (including phenoxy) is 1. The number of rotatable bonds is 3. The van der Waals surface area contributed by atoms with Crippen LogP contribution in [0.15, 0.2) is 42.5 Å². The summed E-state index contributed by atoms with van der Waals surface area (Å²) in [5, 5.41) is 12.2. The SMILES string of the molecule is COc1ccccc1NC(=O)c1ccc(O)c(Cl)c1. The van der Waals surface area contributed by atoms with Gasteiger partial charge in [-0.05, 0) is 30.3 Å². The Kier molecular flexibility index (Phi) is 3.92. The van der Waals surface area contributed by atoms with Crippen LogP contribution in [-0.2, 0) is 0 Å². The fraction of sp³-hybridized carbons (Fsp3) is 0.0714. The summed E-state index contributed by atoms with van der Waals surface area (Å²) in [7, 11) is 1.53. The van der Waals surface area contributed by atoms with Crippen LogP contribution in [0.5, 0.6) is 11.5 Å². The van der Waals surface area contributed by atoms with Gasteiger partial charge < -0.3 is 15.2 Å². The summed E-state index contributed by atoms with van der Waals surface area (Å²) in [4.78, 5) is 12.0. The number of carbonyl (C=O) groups is 1. The van der Waals surface area contributed by atoms with Gasteiger partial charge in [0.05, 0.1) is 17.8 Å². The summed E-state index contributed by atoms with van der Waals surface area (Å²) in [6, 6.07) is 11.4. The van der Waals surface area contributed by atoms with Crippen LogP contribution in [0.1, 0.15) is 10.4 Å². The number of carbonyl (C=O) groups excluding carboxylic acids is 1. The second kappa shape index (κ2) is 5.63. The maximum atomic E-state index is 12.0. The number of amides is 1. The zero-order valence-corrected chi connectivity index (χ0v) is 10.9. The number of methoxy groups -OCH3 is 1. The van der Waals surface area contributed by atoms with E-state index in [0.29, 0.717) is 17.0 Å². The lowest BCUT2D eigenvalue weighted by Crippen LogP contribution is -2.12. The molecule has 4 nitrogen and oxygen atoms in total. The number of phenols is 1. The molecular weight excluding hydrogens is 266 g/mol. The normalized spacial score (nSPS) is 10.0. The first-order valence-electron chi connectivity index (χ1n) is 5.54. The van der Waals surface area contributed by atoms with Crippen molar-refractivity contribution in [2.75, 3.05) is 12.4 Å². The van der Waals surface area contributed by atoms with Gasteiger partial charge in [-0.25, -0.2) is 0 Å². The van der Waals surface area contributed by atoms with Crippen molar-refractivity contribution in [3.63, 3.8) is 0 Å². The van der Waals surface area contributed by atoms with E-state index in [1.165, 1.54) is 25.3 Å². The van der Waals surface area contributed by atoms with Crippen LogP contribution in [0.3, 0.4) is 0 Å². The van der Waals surface area contributed by atoms with Crippen LogP contribution in [0, 0.1) is 0 Å². The highest BCUT2D eigenvalue weighted by atomic mass is 35.5. The third kappa shape index (κ3) is 2.98. The minimum Gasteiger partial charge on any atom is -0.506 e. The van der Waals surface area contributed by atoms with Crippen molar-refractivity contribution in [3.05, 3.63) is 53.1 Å². The van der Waals surface area contributed by atoms with Gasteiger partial charge in [0, 0.05) is 5.56 Å². The molecular formula is C14H12ClNO3. The maximum absolute atomic E-state index is 12.0. The monoisotopic (exact) mass is 277 g/mol. The van der Waals surface area contributed by atoms with Crippen molar-refractivity contribution in [2.24, 2.45) is 0 Å². The molecule has 2 rings (SSSR count). The molecule has 0 aliphatic heterocycles. The van der Waals surface area contributed by atoms with Gasteiger partial charge in [-0.1, -0.05) is 23.7 Å². The Balaban J connectivity index is 2.23. The van der Waals surface area contributed by atoms with E-state index in [4.69, 9.17) is 16.3 Å². The Hall–Kier alpha value is -2.20. The van der Waals surface area contributed by atoms with Crippen LogP contribution < -0.4 is 10.1 Å². The molecule has 0 saturated heterocycles. The van der Waals surface area contributed by atoms with E-state index in [9.17, 15) is 9.90 Å². The van der Waals surface area contributed by atoms with E-state index in [1.807, 2.05) is 6.07 Å². The summed E-state index contributed by atoms with van der Waals surface area (Å²) in [5.41, 5.74) is 0.924. The molecule has 0 bridgehead atoms. The Labute approximate surface area is 115 Å². The molecule has 0 aliphatic rings. The van der Waals surface area contributed by atoms with Crippen molar-refractivity contribution in [3.8, 4) is 11.5 Å². The highest BCUT2D eigenvalue weighted by Crippen LogP contribution is 2.26. The molecule has 0 saturated carbocycles. The average molecular weight is 278 g/mol. The molecule has 0 atom stereocenters. The van der Waals surface area contributed by atoms with Crippen LogP contribution in [-0.4, -0.2) is 18.1 Å². The van der Waals surface area contributed by atoms with Crippen molar-refractivity contribution in [2.45, 2.75) is 0 Å². The van der Waals surface area contributed by atoms with Gasteiger partial charge in [-0.3, -0.25) is 4.79 Å². The number of halogens is 1. The van der Waals surface area contributed by atoms with Gasteiger partial charge in [0.2, 0.25) is 0 Å². The Morgan fingerprint density at radius 3 is 2.68 bits per heavy atom. The summed E-state index contributed by atoms with van der Waals surface area (Å²) in [5.74, 6) is 0.183. The largest absolute Gasteiger partial charge is 0.506 e. The second-order valence-corrected chi connectivity index (χ2v) is 4.23. The van der Waals surface area contributed by atoms with Gasteiger partial charge >= 0.3 is 0 Å². The van der Waals surface area contributed by atoms with Crippen molar-refractivity contribution >= 4 is 23.2 Å². The van der Waals surface area contributed by atoms with E-state index in [-0.39, 0.29) is 16.7 Å². The summed E-state index contributed by atoms with van der Waals surface area (Å²) >= 11 is 5.76. The van der Waals surface area contributed by atoms with Gasteiger partial charge in [-0.2, -0.15) is 0 Å². The Morgan fingerprint density at radius 1 is 1.26 bits per heavy atom. The van der Waals surface area contributed by atoms with E-state index in [0.717, 1.165) is 0 Å². The lowest BCUT2D eigenvalue weighted by Gasteiger charge is -2.10. The predicted octanol–water partition coefficient (Wildman–Crippen LogP) is 3.31. The third-order valence-electron chi connectivity index (χ3n) is 2.57. The number of hydrogen-bond donors (Lipinski definition) is 2. The molecule has 0 heterocycles. The minimum absolute atomic E-state index is 0.0597. The molecule has 0 unspecified atom stereocenters. The Bertz CT molecular complexity index is 613. The van der Waals surface area contributed by atoms with E-state index in [1.54, 1.807) is 18.2 Å². The molecule has 0 fully saturated rings. The standard InChI is InChI=1S/C14H12ClNO3/c1-19-13-5-3-2-4-11(13)16-14(18)9-6-7-12(17)10(15)8-9/h2-8,17H,1H3,(H,16,18). The predicted molar refractivity (Wildman–Crippen MR) is 74.1 cm³/mol. The molecule has 5 heteroatoms. The number of benzene rings is 2. The van der Waals surface area contributed by atoms with E-state index >= 15 is 0 Å². The van der Waals surface area contributed by atoms with Crippen LogP contribution in [0.25, 0.3) is 0 Å². The molecule has 2 aromatic rings. The van der Waals surface area contributed by atoms with Crippen molar-refractivity contribution < 1.29 is 14.6 Å². The summed E-state index contributed by atoms with van der Waals surface area (Å²) in [6.07, 6.45) is 0. The topological polar surface area (TPSA) is 58.6 Å². The number of phenolic OH excluding ortho intramolecular Hbond substituents is 1. The lowest BCUT2D eigenvalue weighted by molar-refractivity contribution is 0.102. The van der Waals surface area contributed by atoms with E-state index in [2.05, 4.69) is 5.32 Å². The average Bonchev–Trinajstić information content (AvgIpc) is 2.42. The van der Waals surface area contributed by atoms with Gasteiger partial charge in [0.25, 0.3) is 5.91 Å². The first-order valence-corrected chi connectivity index (χ1v) is 5.92. The maximum Gasteiger partial charge on any atom is 0.255 e. The number of nitrogens with one attached hydrogen (secondary N) is 1. The molecule has 0 radical (unpaired) electrons.